The summed E-state index contributed by atoms with van der Waals surface area (Å²) in [6, 6.07) is 15.4. The summed E-state index contributed by atoms with van der Waals surface area (Å²) in [5.41, 5.74) is 1.18. The number of aromatic nitrogens is 3. The summed E-state index contributed by atoms with van der Waals surface area (Å²) in [5, 5.41) is 3.57. The predicted octanol–water partition coefficient (Wildman–Crippen LogP) is 5.39. The fraction of sp³-hybridized carbons (Fsp3) is 0.296. The van der Waals surface area contributed by atoms with E-state index in [4.69, 9.17) is 7.85 Å². The van der Waals surface area contributed by atoms with Crippen LogP contribution in [0.15, 0.2) is 60.8 Å². The Morgan fingerprint density at radius 2 is 1.79 bits per heavy atom. The van der Waals surface area contributed by atoms with Crippen LogP contribution in [0.2, 0.25) is 0 Å². The van der Waals surface area contributed by atoms with Crippen LogP contribution in [0.5, 0.6) is 0 Å². The van der Waals surface area contributed by atoms with Crippen molar-refractivity contribution < 1.29 is 17.6 Å². The van der Waals surface area contributed by atoms with E-state index in [1.165, 1.54) is 11.6 Å². The van der Waals surface area contributed by atoms with Gasteiger partial charge in [-0.15, -0.1) is 0 Å². The van der Waals surface area contributed by atoms with Crippen molar-refractivity contribution in [3.8, 4) is 0 Å². The number of hydrogen-bond acceptors (Lipinski definition) is 5. The van der Waals surface area contributed by atoms with Gasteiger partial charge in [-0.3, -0.25) is 9.88 Å². The fourth-order valence-corrected chi connectivity index (χ4v) is 6.89. The van der Waals surface area contributed by atoms with E-state index >= 15 is 0 Å². The number of nitrogens with one attached hydrogen (secondary N) is 1. The topological polar surface area (TPSA) is 53.9 Å². The molecule has 2 aromatic carbocycles. The van der Waals surface area contributed by atoms with Crippen molar-refractivity contribution in [1.29, 1.82) is 0 Å². The van der Waals surface area contributed by atoms with Crippen LogP contribution in [0.1, 0.15) is 28.5 Å². The van der Waals surface area contributed by atoms with E-state index in [-0.39, 0.29) is 5.56 Å². The zero-order valence-electron chi connectivity index (χ0n) is 20.7. The number of halogens is 4. The van der Waals surface area contributed by atoms with Gasteiger partial charge < -0.3 is 5.32 Å². The second-order valence-electron chi connectivity index (χ2n) is 9.26. The highest BCUT2D eigenvalue weighted by molar-refractivity contribution is 7.65. The number of pyridine rings is 1. The Hall–Kier alpha value is -3.10. The lowest BCUT2D eigenvalue weighted by Crippen LogP contribution is -2.35. The Morgan fingerprint density at radius 1 is 1.05 bits per heavy atom. The highest BCUT2D eigenvalue weighted by Crippen LogP contribution is 2.38. The van der Waals surface area contributed by atoms with Crippen LogP contribution in [0.25, 0.3) is 10.9 Å². The van der Waals surface area contributed by atoms with E-state index in [0.29, 0.717) is 28.6 Å². The first-order valence-electron chi connectivity index (χ1n) is 12.2. The lowest BCUT2D eigenvalue weighted by molar-refractivity contribution is -0.140. The summed E-state index contributed by atoms with van der Waals surface area (Å²) in [7, 11) is 5.64. The molecule has 194 valence electrons. The molecule has 1 aliphatic heterocycles. The third kappa shape index (κ3) is 5.81. The molecule has 2 aromatic heterocycles. The molecule has 0 unspecified atom stereocenters. The van der Waals surface area contributed by atoms with Crippen molar-refractivity contribution in [3.05, 3.63) is 89.1 Å². The number of benzene rings is 2. The molecule has 1 saturated heterocycles. The number of anilines is 1. The SMILES string of the molecule is [B][C@H](Nc1nc(C)nc2cnc(P3CCN(Cc4ccccc4)CC3)cc12)c1cccc(C(F)(F)F)c1F. The highest BCUT2D eigenvalue weighted by atomic mass is 31.1. The summed E-state index contributed by atoms with van der Waals surface area (Å²) >= 11 is 0. The Bertz CT molecular complexity index is 1430. The smallest absolute Gasteiger partial charge is 0.371 e. The maximum absolute atomic E-state index is 14.7. The highest BCUT2D eigenvalue weighted by Gasteiger charge is 2.35. The second kappa shape index (κ2) is 10.9. The van der Waals surface area contributed by atoms with Gasteiger partial charge in [0.2, 0.25) is 0 Å². The van der Waals surface area contributed by atoms with Gasteiger partial charge in [-0.2, -0.15) is 13.2 Å². The van der Waals surface area contributed by atoms with Crippen molar-refractivity contribution in [2.75, 3.05) is 30.7 Å². The van der Waals surface area contributed by atoms with Crippen molar-refractivity contribution in [1.82, 2.24) is 19.9 Å². The third-order valence-electron chi connectivity index (χ3n) is 6.59. The molecule has 2 radical (unpaired) electrons. The van der Waals surface area contributed by atoms with E-state index in [0.717, 1.165) is 43.5 Å². The quantitative estimate of drug-likeness (QED) is 0.203. The molecule has 1 atom stereocenters. The summed E-state index contributed by atoms with van der Waals surface area (Å²) in [5.74, 6) is -1.88. The van der Waals surface area contributed by atoms with Crippen LogP contribution in [0.4, 0.5) is 23.4 Å². The Labute approximate surface area is 220 Å². The minimum absolute atomic E-state index is 0.298. The molecule has 0 aliphatic carbocycles. The fourth-order valence-electron chi connectivity index (χ4n) is 4.63. The monoisotopic (exact) mass is 537 g/mol. The summed E-state index contributed by atoms with van der Waals surface area (Å²) in [6.07, 6.45) is -1.12. The van der Waals surface area contributed by atoms with Crippen LogP contribution in [0, 0.1) is 12.7 Å². The van der Waals surface area contributed by atoms with Gasteiger partial charge in [0.1, 0.15) is 25.3 Å². The first-order valence-corrected chi connectivity index (χ1v) is 13.9. The predicted molar refractivity (Wildman–Crippen MR) is 144 cm³/mol. The van der Waals surface area contributed by atoms with Gasteiger partial charge in [0, 0.05) is 36.5 Å². The van der Waals surface area contributed by atoms with E-state index < -0.39 is 31.4 Å². The molecular formula is C27H25BF4N5P. The minimum atomic E-state index is -4.82. The molecule has 4 aromatic rings. The van der Waals surface area contributed by atoms with E-state index in [1.807, 2.05) is 24.3 Å². The van der Waals surface area contributed by atoms with Crippen LogP contribution in [-0.2, 0) is 12.7 Å². The maximum atomic E-state index is 14.7. The first-order chi connectivity index (χ1) is 18.2. The third-order valence-corrected chi connectivity index (χ3v) is 8.96. The minimum Gasteiger partial charge on any atom is -0.371 e. The van der Waals surface area contributed by atoms with Gasteiger partial charge >= 0.3 is 6.18 Å². The molecule has 0 saturated carbocycles. The molecule has 11 heteroatoms. The largest absolute Gasteiger partial charge is 0.419 e. The number of alkyl halides is 3. The zero-order chi connectivity index (χ0) is 26.9. The molecule has 0 spiro atoms. The summed E-state index contributed by atoms with van der Waals surface area (Å²) in [4.78, 5) is 16.0. The lowest BCUT2D eigenvalue weighted by Gasteiger charge is -2.32. The van der Waals surface area contributed by atoms with Crippen LogP contribution in [-0.4, -0.2) is 53.1 Å². The van der Waals surface area contributed by atoms with Crippen molar-refractivity contribution in [3.63, 3.8) is 0 Å². The van der Waals surface area contributed by atoms with Crippen molar-refractivity contribution >= 4 is 37.9 Å². The first kappa shape index (κ1) is 26.5. The van der Waals surface area contributed by atoms with Gasteiger partial charge in [0.15, 0.2) is 0 Å². The molecule has 1 N–H and O–H groups in total. The number of aryl methyl sites for hydroxylation is 1. The van der Waals surface area contributed by atoms with Gasteiger partial charge in [0.05, 0.1) is 22.7 Å². The van der Waals surface area contributed by atoms with Gasteiger partial charge in [-0.1, -0.05) is 50.4 Å². The zero-order valence-corrected chi connectivity index (χ0v) is 21.6. The van der Waals surface area contributed by atoms with E-state index in [9.17, 15) is 17.6 Å². The van der Waals surface area contributed by atoms with Crippen LogP contribution >= 0.6 is 7.92 Å². The average molecular weight is 537 g/mol. The molecule has 1 fully saturated rings. The van der Waals surface area contributed by atoms with Crippen LogP contribution in [0.3, 0.4) is 0 Å². The summed E-state index contributed by atoms with van der Waals surface area (Å²) in [6.45, 7) is 4.55. The lowest BCUT2D eigenvalue weighted by atomic mass is 9.87. The second-order valence-corrected chi connectivity index (χ2v) is 11.7. The van der Waals surface area contributed by atoms with Gasteiger partial charge in [0.25, 0.3) is 0 Å². The van der Waals surface area contributed by atoms with E-state index in [2.05, 4.69) is 37.3 Å². The molecule has 3 heterocycles. The van der Waals surface area contributed by atoms with E-state index in [1.54, 1.807) is 13.1 Å². The molecule has 1 aliphatic rings. The number of rotatable bonds is 6. The maximum Gasteiger partial charge on any atom is 0.419 e. The Balaban J connectivity index is 1.36. The van der Waals surface area contributed by atoms with Crippen molar-refractivity contribution in [2.45, 2.75) is 25.6 Å². The molecule has 0 amide bonds. The normalized spacial score (nSPS) is 16.0. The summed E-state index contributed by atoms with van der Waals surface area (Å²) < 4.78 is 54.3. The van der Waals surface area contributed by atoms with Crippen molar-refractivity contribution in [2.24, 2.45) is 0 Å². The Kier molecular flexibility index (Phi) is 7.64. The average Bonchev–Trinajstić information content (AvgIpc) is 2.89. The molecule has 5 rings (SSSR count). The van der Waals surface area contributed by atoms with Gasteiger partial charge in [-0.25, -0.2) is 14.4 Å². The number of hydrogen-bond donors (Lipinski definition) is 1. The molecule has 0 bridgehead atoms. The Morgan fingerprint density at radius 3 is 2.50 bits per heavy atom. The molecule has 38 heavy (non-hydrogen) atoms. The molecule has 5 nitrogen and oxygen atoms in total. The number of nitrogens with zero attached hydrogens (tertiary/aromatic N) is 4. The standard InChI is InChI=1S/C27H25BF4N5P/c1-17-34-22-15-33-23(38-12-10-37(11-13-38)16-18-6-3-2-4-7-18)14-20(22)26(35-17)36-25(28)19-8-5-9-21(24(19)29)27(30,31)32/h2-9,14-15,25H,10-13,16H2,1H3,(H,34,35,36)/t25-/m1/s1. The molecular weight excluding hydrogens is 512 g/mol. The van der Waals surface area contributed by atoms with Gasteiger partial charge in [-0.05, 0) is 36.9 Å². The van der Waals surface area contributed by atoms with Crippen LogP contribution < -0.4 is 10.8 Å². The number of fused-ring (bicyclic) bond motifs is 1.